The average molecular weight is 292 g/mol. The number of nitrogens with one attached hydrogen (secondary N) is 1. The molecule has 0 aromatic carbocycles. The van der Waals surface area contributed by atoms with Crippen LogP contribution in [-0.4, -0.2) is 9.78 Å². The van der Waals surface area contributed by atoms with Crippen LogP contribution in [0.4, 0.5) is 0 Å². The first kappa shape index (κ1) is 16.4. The molecule has 2 atom stereocenters. The Morgan fingerprint density at radius 3 is 2.76 bits per heavy atom. The fraction of sp³-hybridized carbons (Fsp3) is 0.833. The zero-order valence-electron chi connectivity index (χ0n) is 14.2. The van der Waals surface area contributed by atoms with Gasteiger partial charge in [0.25, 0.3) is 5.56 Å². The Kier molecular flexibility index (Phi) is 5.34. The smallest absolute Gasteiger partial charge is 0.266 e. The van der Waals surface area contributed by atoms with E-state index in [-0.39, 0.29) is 5.56 Å². The van der Waals surface area contributed by atoms with Crippen molar-refractivity contribution < 1.29 is 0 Å². The van der Waals surface area contributed by atoms with Crippen molar-refractivity contribution in [1.29, 1.82) is 0 Å². The molecule has 0 bridgehead atoms. The van der Waals surface area contributed by atoms with Crippen LogP contribution in [0.2, 0.25) is 0 Å². The average Bonchev–Trinajstić information content (AvgIpc) is 2.92. The third-order valence-electron chi connectivity index (χ3n) is 5.14. The van der Waals surface area contributed by atoms with E-state index in [4.69, 9.17) is 0 Å². The van der Waals surface area contributed by atoms with Gasteiger partial charge in [0.2, 0.25) is 0 Å². The highest BCUT2D eigenvalue weighted by Gasteiger charge is 2.31. The third-order valence-corrected chi connectivity index (χ3v) is 5.14. The van der Waals surface area contributed by atoms with Gasteiger partial charge in [0.1, 0.15) is 0 Å². The lowest BCUT2D eigenvalue weighted by molar-refractivity contribution is 0.356. The largest absolute Gasteiger partial charge is 0.300 e. The molecule has 0 aliphatic heterocycles. The predicted octanol–water partition coefficient (Wildman–Crippen LogP) is 4.37. The number of hydrogen-bond donors (Lipinski definition) is 1. The topological polar surface area (TPSA) is 37.8 Å². The number of nitrogens with zero attached hydrogens (tertiary/aromatic N) is 1. The first-order valence-corrected chi connectivity index (χ1v) is 8.72. The summed E-state index contributed by atoms with van der Waals surface area (Å²) in [6.07, 6.45) is 8.48. The molecule has 1 aromatic rings. The Morgan fingerprint density at radius 2 is 2.19 bits per heavy atom. The Hall–Kier alpha value is -0.990. The normalized spacial score (nSPS) is 22.6. The maximum absolute atomic E-state index is 12.1. The molecule has 2 unspecified atom stereocenters. The van der Waals surface area contributed by atoms with Gasteiger partial charge in [-0.25, -0.2) is 0 Å². The van der Waals surface area contributed by atoms with E-state index in [0.29, 0.717) is 11.3 Å². The monoisotopic (exact) mass is 292 g/mol. The highest BCUT2D eigenvalue weighted by molar-refractivity contribution is 5.02. The molecule has 1 aliphatic rings. The van der Waals surface area contributed by atoms with Crippen LogP contribution < -0.4 is 5.56 Å². The van der Waals surface area contributed by atoms with Crippen LogP contribution in [0.15, 0.2) is 10.9 Å². The maximum Gasteiger partial charge on any atom is 0.266 e. The number of hydrogen-bond acceptors (Lipinski definition) is 1. The van der Waals surface area contributed by atoms with Gasteiger partial charge < -0.3 is 0 Å². The summed E-state index contributed by atoms with van der Waals surface area (Å²) in [6.45, 7) is 10.00. The maximum atomic E-state index is 12.1. The van der Waals surface area contributed by atoms with Gasteiger partial charge in [-0.3, -0.25) is 14.6 Å². The number of H-pyrrole nitrogens is 1. The molecular formula is C18H32N2O. The standard InChI is InChI=1S/C18H32N2O/c1-5-7-14(6-2)13-20-17(21)11-16(19-20)10-15-8-9-18(3,4)12-15/h11,14-15,19H,5-10,12-13H2,1-4H3. The first-order valence-electron chi connectivity index (χ1n) is 8.72. The minimum atomic E-state index is 0.150. The van der Waals surface area contributed by atoms with E-state index in [2.05, 4.69) is 32.8 Å². The highest BCUT2D eigenvalue weighted by Crippen LogP contribution is 2.41. The lowest BCUT2D eigenvalue weighted by Crippen LogP contribution is -2.21. The second-order valence-electron chi connectivity index (χ2n) is 7.77. The summed E-state index contributed by atoms with van der Waals surface area (Å²) in [7, 11) is 0. The van der Waals surface area contributed by atoms with Crippen LogP contribution in [0.5, 0.6) is 0 Å². The van der Waals surface area contributed by atoms with E-state index in [9.17, 15) is 4.79 Å². The van der Waals surface area contributed by atoms with E-state index in [0.717, 1.165) is 31.0 Å². The second kappa shape index (κ2) is 6.85. The van der Waals surface area contributed by atoms with Crippen molar-refractivity contribution in [3.05, 3.63) is 22.1 Å². The Labute approximate surface area is 129 Å². The van der Waals surface area contributed by atoms with Crippen LogP contribution in [0, 0.1) is 17.3 Å². The van der Waals surface area contributed by atoms with Gasteiger partial charge in [0.15, 0.2) is 0 Å². The molecule has 1 N–H and O–H groups in total. The predicted molar refractivity (Wildman–Crippen MR) is 88.6 cm³/mol. The molecule has 3 heteroatoms. The van der Waals surface area contributed by atoms with Crippen LogP contribution in [0.3, 0.4) is 0 Å². The van der Waals surface area contributed by atoms with E-state index in [1.807, 2.05) is 10.7 Å². The molecular weight excluding hydrogens is 260 g/mol. The summed E-state index contributed by atoms with van der Waals surface area (Å²) in [5.41, 5.74) is 1.77. The highest BCUT2D eigenvalue weighted by atomic mass is 16.1. The summed E-state index contributed by atoms with van der Waals surface area (Å²) in [5.74, 6) is 1.36. The van der Waals surface area contributed by atoms with Gasteiger partial charge in [0.05, 0.1) is 0 Å². The fourth-order valence-electron chi connectivity index (χ4n) is 3.88. The minimum absolute atomic E-state index is 0.150. The molecule has 1 heterocycles. The Bertz CT molecular complexity index is 498. The zero-order valence-corrected chi connectivity index (χ0v) is 14.2. The van der Waals surface area contributed by atoms with Gasteiger partial charge in [-0.15, -0.1) is 0 Å². The van der Waals surface area contributed by atoms with Crippen molar-refractivity contribution in [3.8, 4) is 0 Å². The van der Waals surface area contributed by atoms with E-state index in [1.54, 1.807) is 0 Å². The molecule has 0 saturated heterocycles. The van der Waals surface area contributed by atoms with Gasteiger partial charge >= 0.3 is 0 Å². The number of rotatable bonds is 7. The van der Waals surface area contributed by atoms with Crippen LogP contribution in [0.25, 0.3) is 0 Å². The molecule has 1 fully saturated rings. The van der Waals surface area contributed by atoms with Gasteiger partial charge in [0, 0.05) is 18.3 Å². The van der Waals surface area contributed by atoms with Crippen molar-refractivity contribution >= 4 is 0 Å². The quantitative estimate of drug-likeness (QED) is 0.796. The van der Waals surface area contributed by atoms with Crippen molar-refractivity contribution in [2.45, 2.75) is 79.2 Å². The third kappa shape index (κ3) is 4.49. The van der Waals surface area contributed by atoms with Gasteiger partial charge in [-0.1, -0.05) is 40.5 Å². The summed E-state index contributed by atoms with van der Waals surface area (Å²) < 4.78 is 1.83. The first-order chi connectivity index (χ1) is 9.93. The summed E-state index contributed by atoms with van der Waals surface area (Å²) in [6, 6.07) is 1.82. The number of aromatic nitrogens is 2. The molecule has 1 saturated carbocycles. The van der Waals surface area contributed by atoms with Crippen molar-refractivity contribution in [2.24, 2.45) is 17.3 Å². The van der Waals surface area contributed by atoms with Crippen LogP contribution >= 0.6 is 0 Å². The molecule has 0 amide bonds. The molecule has 0 spiro atoms. The SMILES string of the molecule is CCCC(CC)Cn1[nH]c(CC2CCC(C)(C)C2)cc1=O. The van der Waals surface area contributed by atoms with Gasteiger partial charge in [-0.05, 0) is 49.4 Å². The molecule has 1 aliphatic carbocycles. The summed E-state index contributed by atoms with van der Waals surface area (Å²) in [4.78, 5) is 12.1. The van der Waals surface area contributed by atoms with Crippen LogP contribution in [0.1, 0.15) is 71.9 Å². The minimum Gasteiger partial charge on any atom is -0.300 e. The van der Waals surface area contributed by atoms with E-state index < -0.39 is 0 Å². The van der Waals surface area contributed by atoms with Crippen molar-refractivity contribution in [1.82, 2.24) is 9.78 Å². The van der Waals surface area contributed by atoms with Gasteiger partial charge in [-0.2, -0.15) is 0 Å². The summed E-state index contributed by atoms with van der Waals surface area (Å²) >= 11 is 0. The Balaban J connectivity index is 1.97. The van der Waals surface area contributed by atoms with Crippen molar-refractivity contribution in [2.75, 3.05) is 0 Å². The summed E-state index contributed by atoms with van der Waals surface area (Å²) in [5, 5.41) is 3.36. The fourth-order valence-corrected chi connectivity index (χ4v) is 3.88. The van der Waals surface area contributed by atoms with Crippen molar-refractivity contribution in [3.63, 3.8) is 0 Å². The molecule has 0 radical (unpaired) electrons. The Morgan fingerprint density at radius 1 is 1.43 bits per heavy atom. The lowest BCUT2D eigenvalue weighted by Gasteiger charge is -2.16. The van der Waals surface area contributed by atoms with E-state index in [1.165, 1.54) is 32.1 Å². The van der Waals surface area contributed by atoms with Crippen LogP contribution in [-0.2, 0) is 13.0 Å². The molecule has 21 heavy (non-hydrogen) atoms. The van der Waals surface area contributed by atoms with E-state index >= 15 is 0 Å². The number of aromatic amines is 1. The molecule has 3 nitrogen and oxygen atoms in total. The molecule has 2 rings (SSSR count). The molecule has 120 valence electrons. The lowest BCUT2D eigenvalue weighted by atomic mass is 9.89. The zero-order chi connectivity index (χ0) is 15.5. The molecule has 1 aromatic heterocycles. The second-order valence-corrected chi connectivity index (χ2v) is 7.77.